The van der Waals surface area contributed by atoms with Gasteiger partial charge >= 0.3 is 0 Å². The molecule has 1 aliphatic rings. The van der Waals surface area contributed by atoms with Crippen LogP contribution in [0.4, 0.5) is 5.69 Å². The quantitative estimate of drug-likeness (QED) is 0.350. The monoisotopic (exact) mass is 499 g/mol. The maximum atomic E-state index is 13.0. The van der Waals surface area contributed by atoms with Crippen molar-refractivity contribution in [1.29, 1.82) is 0 Å². The molecule has 2 heterocycles. The number of para-hydroxylation sites is 2. The summed E-state index contributed by atoms with van der Waals surface area (Å²) in [6.07, 6.45) is -0.374. The van der Waals surface area contributed by atoms with E-state index >= 15 is 0 Å². The van der Waals surface area contributed by atoms with E-state index in [1.165, 1.54) is 0 Å². The van der Waals surface area contributed by atoms with Gasteiger partial charge in [0.15, 0.2) is 0 Å². The van der Waals surface area contributed by atoms with E-state index in [-0.39, 0.29) is 18.4 Å². The van der Waals surface area contributed by atoms with Gasteiger partial charge in [-0.25, -0.2) is 4.98 Å². The molecule has 0 aliphatic carbocycles. The molecule has 1 fully saturated rings. The lowest BCUT2D eigenvalue weighted by molar-refractivity contribution is -0.117. The molecule has 0 unspecified atom stereocenters. The highest BCUT2D eigenvalue weighted by Crippen LogP contribution is 2.34. The lowest BCUT2D eigenvalue weighted by Crippen LogP contribution is -2.26. The number of aromatic nitrogens is 2. The van der Waals surface area contributed by atoms with Gasteiger partial charge in [-0.15, -0.1) is 0 Å². The fraction of sp³-hybridized carbons (Fsp3) is 0.333. The highest BCUT2D eigenvalue weighted by molar-refractivity contribution is 5.96. The van der Waals surface area contributed by atoms with Crippen LogP contribution in [0.5, 0.6) is 11.5 Å². The summed E-state index contributed by atoms with van der Waals surface area (Å²) in [7, 11) is 0. The number of aliphatic hydroxyl groups excluding tert-OH is 1. The van der Waals surface area contributed by atoms with Crippen molar-refractivity contribution in [1.82, 2.24) is 9.55 Å². The summed E-state index contributed by atoms with van der Waals surface area (Å²) < 4.78 is 13.6. The first-order valence-corrected chi connectivity index (χ1v) is 12.8. The van der Waals surface area contributed by atoms with Crippen LogP contribution in [0.3, 0.4) is 0 Å². The van der Waals surface area contributed by atoms with Gasteiger partial charge in [-0.1, -0.05) is 24.3 Å². The molecule has 4 aromatic rings. The average Bonchev–Trinajstić information content (AvgIpc) is 3.46. The van der Waals surface area contributed by atoms with E-state index in [1.54, 1.807) is 0 Å². The molecule has 37 heavy (non-hydrogen) atoms. The second-order valence-electron chi connectivity index (χ2n) is 9.64. The summed E-state index contributed by atoms with van der Waals surface area (Å²) in [6.45, 7) is 7.59. The summed E-state index contributed by atoms with van der Waals surface area (Å²) in [4.78, 5) is 19.7. The molecule has 7 nitrogen and oxygen atoms in total. The van der Waals surface area contributed by atoms with Crippen LogP contribution in [0, 0.1) is 13.8 Å². The number of fused-ring (bicyclic) bond motifs is 1. The summed E-state index contributed by atoms with van der Waals surface area (Å²) in [6, 6.07) is 21.6. The molecule has 1 saturated heterocycles. The number of anilines is 1. The summed E-state index contributed by atoms with van der Waals surface area (Å²) >= 11 is 0. The first-order valence-electron chi connectivity index (χ1n) is 12.8. The predicted octanol–water partition coefficient (Wildman–Crippen LogP) is 5.01. The van der Waals surface area contributed by atoms with E-state index in [9.17, 15) is 9.90 Å². The molecule has 1 aliphatic heterocycles. The van der Waals surface area contributed by atoms with Gasteiger partial charge in [0.2, 0.25) is 5.91 Å². The van der Waals surface area contributed by atoms with Crippen molar-refractivity contribution in [3.8, 4) is 11.5 Å². The largest absolute Gasteiger partial charge is 0.494 e. The Morgan fingerprint density at radius 3 is 2.62 bits per heavy atom. The van der Waals surface area contributed by atoms with Crippen LogP contribution in [-0.2, 0) is 11.3 Å². The number of hydrogen-bond acceptors (Lipinski definition) is 5. The molecule has 1 N–H and O–H groups in total. The smallest absolute Gasteiger partial charge is 0.227 e. The molecule has 0 spiro atoms. The van der Waals surface area contributed by atoms with E-state index in [0.717, 1.165) is 45.2 Å². The van der Waals surface area contributed by atoms with Crippen molar-refractivity contribution < 1.29 is 19.4 Å². The molecule has 5 rings (SSSR count). The summed E-state index contributed by atoms with van der Waals surface area (Å²) in [5, 5.41) is 11.0. The lowest BCUT2D eigenvalue weighted by atomic mass is 10.1. The van der Waals surface area contributed by atoms with Crippen LogP contribution in [0.15, 0.2) is 66.7 Å². The van der Waals surface area contributed by atoms with Crippen LogP contribution in [-0.4, -0.2) is 46.4 Å². The molecule has 0 saturated carbocycles. The second-order valence-corrected chi connectivity index (χ2v) is 9.64. The third-order valence-corrected chi connectivity index (χ3v) is 6.80. The maximum Gasteiger partial charge on any atom is 0.227 e. The van der Waals surface area contributed by atoms with Crippen LogP contribution >= 0.6 is 0 Å². The van der Waals surface area contributed by atoms with Gasteiger partial charge in [-0.2, -0.15) is 0 Å². The zero-order chi connectivity index (χ0) is 25.9. The Bertz CT molecular complexity index is 1400. The molecule has 7 heteroatoms. The van der Waals surface area contributed by atoms with Gasteiger partial charge in [0.1, 0.15) is 30.0 Å². The minimum absolute atomic E-state index is 0.0616. The number of rotatable bonds is 9. The topological polar surface area (TPSA) is 76.8 Å². The van der Waals surface area contributed by atoms with E-state index in [0.29, 0.717) is 26.1 Å². The Kier molecular flexibility index (Phi) is 7.15. The van der Waals surface area contributed by atoms with Crippen LogP contribution < -0.4 is 14.4 Å². The van der Waals surface area contributed by atoms with Gasteiger partial charge in [0.05, 0.1) is 24.2 Å². The van der Waals surface area contributed by atoms with Crippen LogP contribution in [0.25, 0.3) is 11.0 Å². The average molecular weight is 500 g/mol. The zero-order valence-electron chi connectivity index (χ0n) is 21.6. The van der Waals surface area contributed by atoms with Crippen molar-refractivity contribution in [2.45, 2.75) is 45.8 Å². The van der Waals surface area contributed by atoms with Crippen molar-refractivity contribution in [2.24, 2.45) is 0 Å². The Labute approximate surface area is 217 Å². The number of ether oxygens (including phenoxy) is 2. The Balaban J connectivity index is 1.36. The molecule has 2 atom stereocenters. The number of amides is 1. The summed E-state index contributed by atoms with van der Waals surface area (Å²) in [5.41, 5.74) is 4.79. The zero-order valence-corrected chi connectivity index (χ0v) is 21.6. The SMILES string of the molecule is CCOc1ccc(N2C[C@@H](c3nc4ccccc4n3C[C@H](O)COc3cc(C)ccc3C)CC2=O)cc1. The molecule has 1 amide bonds. The van der Waals surface area contributed by atoms with Gasteiger partial charge in [0.25, 0.3) is 0 Å². The van der Waals surface area contributed by atoms with Gasteiger partial charge in [-0.3, -0.25) is 4.79 Å². The normalized spacial score (nSPS) is 16.4. The van der Waals surface area contributed by atoms with Crippen molar-refractivity contribution >= 4 is 22.6 Å². The van der Waals surface area contributed by atoms with Crippen molar-refractivity contribution in [3.63, 3.8) is 0 Å². The highest BCUT2D eigenvalue weighted by atomic mass is 16.5. The van der Waals surface area contributed by atoms with E-state index in [4.69, 9.17) is 14.5 Å². The predicted molar refractivity (Wildman–Crippen MR) is 144 cm³/mol. The third-order valence-electron chi connectivity index (χ3n) is 6.80. The molecule has 0 radical (unpaired) electrons. The molecule has 0 bridgehead atoms. The summed E-state index contributed by atoms with van der Waals surface area (Å²) in [5.74, 6) is 2.36. The number of hydrogen-bond donors (Lipinski definition) is 1. The Hall–Kier alpha value is -3.84. The Morgan fingerprint density at radius 1 is 1.05 bits per heavy atom. The van der Waals surface area contributed by atoms with Crippen molar-refractivity contribution in [3.05, 3.63) is 83.7 Å². The maximum absolute atomic E-state index is 13.0. The number of nitrogens with zero attached hydrogens (tertiary/aromatic N) is 3. The third kappa shape index (κ3) is 5.32. The van der Waals surface area contributed by atoms with Crippen LogP contribution in [0.1, 0.15) is 36.2 Å². The minimum Gasteiger partial charge on any atom is -0.494 e. The number of aryl methyl sites for hydroxylation is 2. The molecule has 192 valence electrons. The van der Waals surface area contributed by atoms with Crippen molar-refractivity contribution in [2.75, 3.05) is 24.7 Å². The fourth-order valence-electron chi connectivity index (χ4n) is 4.93. The first-order chi connectivity index (χ1) is 17.9. The van der Waals surface area contributed by atoms with E-state index in [1.807, 2.05) is 97.0 Å². The van der Waals surface area contributed by atoms with Gasteiger partial charge < -0.3 is 24.0 Å². The number of carbonyl (C=O) groups is 1. The minimum atomic E-state index is -0.740. The van der Waals surface area contributed by atoms with Crippen LogP contribution in [0.2, 0.25) is 0 Å². The van der Waals surface area contributed by atoms with Gasteiger partial charge in [-0.05, 0) is 74.4 Å². The molecular weight excluding hydrogens is 466 g/mol. The standard InChI is InChI=1S/C30H33N3O4/c1-4-36-25-13-11-23(12-14-25)32-17-22(16-29(32)35)30-31-26-7-5-6-8-27(26)33(30)18-24(34)19-37-28-15-20(2)9-10-21(28)3/h5-15,22,24,34H,4,16-19H2,1-3H3/t22-,24-/m0/s1. The first kappa shape index (κ1) is 24.8. The second kappa shape index (κ2) is 10.6. The molecular formula is C30H33N3O4. The highest BCUT2D eigenvalue weighted by Gasteiger charge is 2.35. The van der Waals surface area contributed by atoms with E-state index < -0.39 is 6.10 Å². The number of aliphatic hydroxyl groups is 1. The van der Waals surface area contributed by atoms with E-state index in [2.05, 4.69) is 0 Å². The van der Waals surface area contributed by atoms with Gasteiger partial charge in [0, 0.05) is 24.6 Å². The molecule has 3 aromatic carbocycles. The lowest BCUT2D eigenvalue weighted by Gasteiger charge is -2.19. The number of carbonyl (C=O) groups excluding carboxylic acids is 1. The number of benzene rings is 3. The fourth-order valence-corrected chi connectivity index (χ4v) is 4.93. The Morgan fingerprint density at radius 2 is 1.84 bits per heavy atom. The molecule has 1 aromatic heterocycles. The number of imidazole rings is 1.